The molecule has 3 N–H and O–H groups in total. The molecule has 0 bridgehead atoms. The highest BCUT2D eigenvalue weighted by molar-refractivity contribution is 5.46. The van der Waals surface area contributed by atoms with E-state index in [0.29, 0.717) is 28.7 Å². The Bertz CT molecular complexity index is 682. The van der Waals surface area contributed by atoms with Crippen LogP contribution in [-0.4, -0.2) is 17.1 Å². The highest BCUT2D eigenvalue weighted by Crippen LogP contribution is 2.28. The molecule has 0 unspecified atom stereocenters. The molecule has 2 aromatic rings. The first-order valence-corrected chi connectivity index (χ1v) is 6.18. The summed E-state index contributed by atoms with van der Waals surface area (Å²) in [5.41, 5.74) is 3.76. The van der Waals surface area contributed by atoms with Crippen molar-refractivity contribution in [2.24, 2.45) is 5.84 Å². The highest BCUT2D eigenvalue weighted by Gasteiger charge is 2.08. The predicted molar refractivity (Wildman–Crippen MR) is 76.6 cm³/mol. The molecule has 0 fully saturated rings. The molecule has 1 aromatic carbocycles. The third kappa shape index (κ3) is 3.58. The van der Waals surface area contributed by atoms with E-state index in [1.807, 2.05) is 13.0 Å². The first-order chi connectivity index (χ1) is 10.2. The number of nitrogens with zero attached hydrogens (tertiary/aromatic N) is 3. The second-order valence-corrected chi connectivity index (χ2v) is 4.22. The number of methoxy groups -OCH3 is 1. The van der Waals surface area contributed by atoms with Gasteiger partial charge < -0.3 is 14.9 Å². The molecule has 7 heteroatoms. The van der Waals surface area contributed by atoms with E-state index < -0.39 is 0 Å². The van der Waals surface area contributed by atoms with E-state index in [1.54, 1.807) is 24.3 Å². The summed E-state index contributed by atoms with van der Waals surface area (Å²) in [5.74, 6) is 7.36. The van der Waals surface area contributed by atoms with Crippen molar-refractivity contribution in [3.63, 3.8) is 0 Å². The van der Waals surface area contributed by atoms with Gasteiger partial charge in [-0.2, -0.15) is 5.26 Å². The number of ether oxygens (including phenoxy) is 2. The van der Waals surface area contributed by atoms with Crippen LogP contribution in [0, 0.1) is 18.3 Å². The van der Waals surface area contributed by atoms with Gasteiger partial charge in [-0.1, -0.05) is 0 Å². The zero-order chi connectivity index (χ0) is 15.2. The average Bonchev–Trinajstić information content (AvgIpc) is 2.52. The number of hydrogen-bond acceptors (Lipinski definition) is 7. The Kier molecular flexibility index (Phi) is 4.53. The van der Waals surface area contributed by atoms with Crippen LogP contribution in [0.3, 0.4) is 0 Å². The molecule has 0 radical (unpaired) electrons. The molecule has 7 nitrogen and oxygen atoms in total. The number of aromatic nitrogens is 2. The van der Waals surface area contributed by atoms with E-state index in [9.17, 15) is 0 Å². The van der Waals surface area contributed by atoms with Crippen LogP contribution in [0.5, 0.6) is 11.5 Å². The summed E-state index contributed by atoms with van der Waals surface area (Å²) < 4.78 is 10.8. The molecule has 0 aliphatic heterocycles. The SMILES string of the molecule is COc1cc(C#N)ccc1OCc1nc(C)cc(NN)n1. The molecule has 1 aromatic heterocycles. The summed E-state index contributed by atoms with van der Waals surface area (Å²) >= 11 is 0. The first kappa shape index (κ1) is 14.6. The molecular formula is C14H15N5O2. The summed E-state index contributed by atoms with van der Waals surface area (Å²) in [4.78, 5) is 8.45. The first-order valence-electron chi connectivity index (χ1n) is 6.18. The zero-order valence-electron chi connectivity index (χ0n) is 11.8. The Labute approximate surface area is 122 Å². The van der Waals surface area contributed by atoms with Gasteiger partial charge in [0.1, 0.15) is 12.4 Å². The van der Waals surface area contributed by atoms with Gasteiger partial charge in [0.05, 0.1) is 18.7 Å². The van der Waals surface area contributed by atoms with E-state index in [2.05, 4.69) is 15.4 Å². The molecule has 0 aliphatic carbocycles. The van der Waals surface area contributed by atoms with Crippen LogP contribution < -0.4 is 20.7 Å². The Morgan fingerprint density at radius 1 is 1.29 bits per heavy atom. The van der Waals surface area contributed by atoms with Crippen LogP contribution in [0.4, 0.5) is 5.82 Å². The van der Waals surface area contributed by atoms with E-state index >= 15 is 0 Å². The lowest BCUT2D eigenvalue weighted by Gasteiger charge is -2.11. The maximum absolute atomic E-state index is 8.86. The molecule has 0 saturated heterocycles. The zero-order valence-corrected chi connectivity index (χ0v) is 11.8. The van der Waals surface area contributed by atoms with Gasteiger partial charge in [-0.25, -0.2) is 15.8 Å². The molecule has 0 spiro atoms. The molecule has 2 rings (SSSR count). The lowest BCUT2D eigenvalue weighted by Crippen LogP contribution is -2.12. The Morgan fingerprint density at radius 3 is 2.76 bits per heavy atom. The number of aryl methyl sites for hydroxylation is 1. The number of nitrogens with two attached hydrogens (primary N) is 1. The summed E-state index contributed by atoms with van der Waals surface area (Å²) in [7, 11) is 1.52. The standard InChI is InChI=1S/C14H15N5O2/c1-9-5-13(19-16)18-14(17-9)8-21-11-4-3-10(7-15)6-12(11)20-2/h3-6H,8,16H2,1-2H3,(H,17,18,19). The second-order valence-electron chi connectivity index (χ2n) is 4.22. The third-order valence-electron chi connectivity index (χ3n) is 2.70. The summed E-state index contributed by atoms with van der Waals surface area (Å²) in [5, 5.41) is 8.86. The minimum atomic E-state index is 0.165. The number of nitrogens with one attached hydrogen (secondary N) is 1. The van der Waals surface area contributed by atoms with Crippen molar-refractivity contribution in [1.29, 1.82) is 5.26 Å². The van der Waals surface area contributed by atoms with Gasteiger partial charge in [-0.15, -0.1) is 0 Å². The minimum Gasteiger partial charge on any atom is -0.493 e. The van der Waals surface area contributed by atoms with Crippen molar-refractivity contribution in [2.75, 3.05) is 12.5 Å². The van der Waals surface area contributed by atoms with Crippen LogP contribution in [0.15, 0.2) is 24.3 Å². The quantitative estimate of drug-likeness (QED) is 0.633. The fourth-order valence-corrected chi connectivity index (χ4v) is 1.77. The van der Waals surface area contributed by atoms with Crippen molar-refractivity contribution in [2.45, 2.75) is 13.5 Å². The molecule has 21 heavy (non-hydrogen) atoms. The van der Waals surface area contributed by atoms with Crippen LogP contribution in [-0.2, 0) is 6.61 Å². The lowest BCUT2D eigenvalue weighted by molar-refractivity contribution is 0.276. The molecule has 0 saturated carbocycles. The molecular weight excluding hydrogens is 270 g/mol. The van der Waals surface area contributed by atoms with Gasteiger partial charge >= 0.3 is 0 Å². The number of hydrogen-bond donors (Lipinski definition) is 2. The van der Waals surface area contributed by atoms with Crippen molar-refractivity contribution in [1.82, 2.24) is 9.97 Å². The van der Waals surface area contributed by atoms with E-state index in [4.69, 9.17) is 20.6 Å². The molecule has 0 amide bonds. The Balaban J connectivity index is 2.16. The number of rotatable bonds is 5. The highest BCUT2D eigenvalue weighted by atomic mass is 16.5. The van der Waals surface area contributed by atoms with Gasteiger partial charge in [-0.3, -0.25) is 0 Å². The number of nitriles is 1. The Morgan fingerprint density at radius 2 is 2.10 bits per heavy atom. The summed E-state index contributed by atoms with van der Waals surface area (Å²) in [6.07, 6.45) is 0. The van der Waals surface area contributed by atoms with Gasteiger partial charge in [0.25, 0.3) is 0 Å². The molecule has 108 valence electrons. The van der Waals surface area contributed by atoms with Crippen LogP contribution in [0.1, 0.15) is 17.1 Å². The maximum Gasteiger partial charge on any atom is 0.168 e. The fourth-order valence-electron chi connectivity index (χ4n) is 1.77. The second kappa shape index (κ2) is 6.54. The predicted octanol–water partition coefficient (Wildman–Crippen LogP) is 1.53. The lowest BCUT2D eigenvalue weighted by atomic mass is 10.2. The van der Waals surface area contributed by atoms with Gasteiger partial charge in [0.2, 0.25) is 0 Å². The topological polar surface area (TPSA) is 106 Å². The largest absolute Gasteiger partial charge is 0.493 e. The summed E-state index contributed by atoms with van der Waals surface area (Å²) in [6.45, 7) is 2.01. The number of hydrazine groups is 1. The molecule has 1 heterocycles. The van der Waals surface area contributed by atoms with Crippen LogP contribution >= 0.6 is 0 Å². The minimum absolute atomic E-state index is 0.165. The fraction of sp³-hybridized carbons (Fsp3) is 0.214. The van der Waals surface area contributed by atoms with E-state index in [1.165, 1.54) is 7.11 Å². The van der Waals surface area contributed by atoms with Gasteiger partial charge in [0, 0.05) is 17.8 Å². The normalized spacial score (nSPS) is 9.81. The smallest absolute Gasteiger partial charge is 0.168 e. The molecule has 0 aliphatic rings. The third-order valence-corrected chi connectivity index (χ3v) is 2.70. The molecule has 0 atom stereocenters. The van der Waals surface area contributed by atoms with Crippen molar-refractivity contribution in [3.05, 3.63) is 41.3 Å². The van der Waals surface area contributed by atoms with E-state index in [-0.39, 0.29) is 6.61 Å². The van der Waals surface area contributed by atoms with Crippen LogP contribution in [0.25, 0.3) is 0 Å². The van der Waals surface area contributed by atoms with Crippen molar-refractivity contribution < 1.29 is 9.47 Å². The van der Waals surface area contributed by atoms with Gasteiger partial charge in [-0.05, 0) is 19.1 Å². The van der Waals surface area contributed by atoms with Crippen molar-refractivity contribution >= 4 is 5.82 Å². The summed E-state index contributed by atoms with van der Waals surface area (Å²) in [6, 6.07) is 8.71. The number of nitrogen functional groups attached to an aromatic ring is 1. The Hall–Kier alpha value is -2.85. The average molecular weight is 285 g/mol. The monoisotopic (exact) mass is 285 g/mol. The number of anilines is 1. The van der Waals surface area contributed by atoms with Crippen LogP contribution in [0.2, 0.25) is 0 Å². The maximum atomic E-state index is 8.86. The number of benzene rings is 1. The van der Waals surface area contributed by atoms with E-state index in [0.717, 1.165) is 5.69 Å². The van der Waals surface area contributed by atoms with Crippen molar-refractivity contribution in [3.8, 4) is 17.6 Å². The van der Waals surface area contributed by atoms with Gasteiger partial charge in [0.15, 0.2) is 17.3 Å².